The molecular formula is C5H15N3O3S. The first-order valence-corrected chi connectivity index (χ1v) is 5.26. The number of hydrogen-bond acceptors (Lipinski definition) is 5. The molecule has 0 heterocycles. The molecule has 0 saturated heterocycles. The van der Waals surface area contributed by atoms with E-state index in [-0.39, 0.29) is 5.75 Å². The second-order valence-corrected chi connectivity index (χ2v) is 3.92. The van der Waals surface area contributed by atoms with Crippen molar-refractivity contribution in [1.29, 1.82) is 0 Å². The summed E-state index contributed by atoms with van der Waals surface area (Å²) in [6.07, 6.45) is 0.406. The van der Waals surface area contributed by atoms with Crippen molar-refractivity contribution in [3.63, 3.8) is 0 Å². The summed E-state index contributed by atoms with van der Waals surface area (Å²) in [5, 5.41) is 2.94. The van der Waals surface area contributed by atoms with Crippen molar-refractivity contribution in [3.8, 4) is 0 Å². The zero-order valence-electron chi connectivity index (χ0n) is 6.78. The molecule has 12 heavy (non-hydrogen) atoms. The molecule has 0 fully saturated rings. The molecule has 0 spiro atoms. The predicted molar refractivity (Wildman–Crippen MR) is 46.1 cm³/mol. The minimum atomic E-state index is -3.80. The molecule has 0 bridgehead atoms. The third-order valence-electron chi connectivity index (χ3n) is 1.20. The van der Waals surface area contributed by atoms with E-state index in [1.807, 2.05) is 0 Å². The van der Waals surface area contributed by atoms with Crippen molar-refractivity contribution in [3.05, 3.63) is 0 Å². The van der Waals surface area contributed by atoms with Crippen LogP contribution in [0.5, 0.6) is 0 Å². The van der Waals surface area contributed by atoms with Gasteiger partial charge in [0.15, 0.2) is 0 Å². The fourth-order valence-electron chi connectivity index (χ4n) is 0.665. The van der Waals surface area contributed by atoms with Gasteiger partial charge in [0.2, 0.25) is 0 Å². The summed E-state index contributed by atoms with van der Waals surface area (Å²) >= 11 is 0. The van der Waals surface area contributed by atoms with E-state index in [4.69, 9.17) is 10.4 Å². The lowest BCUT2D eigenvalue weighted by Crippen LogP contribution is -2.32. The molecule has 6 nitrogen and oxygen atoms in total. The quantitative estimate of drug-likeness (QED) is 0.168. The van der Waals surface area contributed by atoms with Crippen molar-refractivity contribution in [2.75, 3.05) is 25.4 Å². The van der Waals surface area contributed by atoms with Crippen LogP contribution in [0.25, 0.3) is 0 Å². The van der Waals surface area contributed by atoms with Gasteiger partial charge in [0.05, 0.1) is 5.75 Å². The number of hydrazine groups is 1. The molecule has 5 N–H and O–H groups in total. The van der Waals surface area contributed by atoms with Gasteiger partial charge in [-0.05, 0) is 13.0 Å². The average molecular weight is 197 g/mol. The molecule has 0 rings (SSSR count). The van der Waals surface area contributed by atoms with Gasteiger partial charge in [0, 0.05) is 13.1 Å². The second-order valence-electron chi connectivity index (χ2n) is 2.34. The lowest BCUT2D eigenvalue weighted by atomic mass is 10.5. The minimum absolute atomic E-state index is 0.198. The van der Waals surface area contributed by atoms with E-state index in [0.29, 0.717) is 26.1 Å². The Morgan fingerprint density at radius 3 is 2.42 bits per heavy atom. The number of nitrogens with two attached hydrogens (primary N) is 1. The van der Waals surface area contributed by atoms with Gasteiger partial charge in [-0.2, -0.15) is 8.42 Å². The molecule has 0 aromatic heterocycles. The van der Waals surface area contributed by atoms with Crippen molar-refractivity contribution in [1.82, 2.24) is 10.7 Å². The van der Waals surface area contributed by atoms with Crippen LogP contribution in [0, 0.1) is 0 Å². The van der Waals surface area contributed by atoms with Crippen LogP contribution in [0.2, 0.25) is 0 Å². The molecule has 0 aliphatic carbocycles. The molecule has 0 aromatic carbocycles. The molecule has 74 valence electrons. The lowest BCUT2D eigenvalue weighted by Gasteiger charge is -2.02. The Balaban J connectivity index is 3.12. The zero-order chi connectivity index (χ0) is 9.45. The first-order valence-electron chi connectivity index (χ1n) is 3.65. The van der Waals surface area contributed by atoms with Gasteiger partial charge in [-0.15, -0.1) is 0 Å². The highest BCUT2D eigenvalue weighted by molar-refractivity contribution is 7.85. The normalized spacial score (nSPS) is 11.8. The lowest BCUT2D eigenvalue weighted by molar-refractivity contribution is 0.479. The van der Waals surface area contributed by atoms with Gasteiger partial charge < -0.3 is 5.32 Å². The maximum atomic E-state index is 10.2. The van der Waals surface area contributed by atoms with Gasteiger partial charge in [-0.3, -0.25) is 15.8 Å². The summed E-state index contributed by atoms with van der Waals surface area (Å²) in [5.41, 5.74) is 2.44. The van der Waals surface area contributed by atoms with Crippen LogP contribution >= 0.6 is 0 Å². The Morgan fingerprint density at radius 2 is 1.92 bits per heavy atom. The predicted octanol–water partition coefficient (Wildman–Crippen LogP) is -1.68. The highest BCUT2D eigenvalue weighted by Gasteiger charge is 2.01. The van der Waals surface area contributed by atoms with E-state index in [1.54, 1.807) is 0 Å². The number of nitrogens with one attached hydrogen (secondary N) is 2. The third kappa shape index (κ3) is 9.79. The second kappa shape index (κ2) is 6.32. The van der Waals surface area contributed by atoms with Gasteiger partial charge >= 0.3 is 0 Å². The number of hydrogen-bond donors (Lipinski definition) is 4. The van der Waals surface area contributed by atoms with E-state index in [2.05, 4.69) is 10.7 Å². The first kappa shape index (κ1) is 11.8. The third-order valence-corrected chi connectivity index (χ3v) is 2.01. The summed E-state index contributed by atoms with van der Waals surface area (Å²) < 4.78 is 28.8. The van der Waals surface area contributed by atoms with Gasteiger partial charge in [-0.1, -0.05) is 0 Å². The van der Waals surface area contributed by atoms with E-state index in [0.717, 1.165) is 0 Å². The summed E-state index contributed by atoms with van der Waals surface area (Å²) in [6.45, 7) is 1.87. The van der Waals surface area contributed by atoms with Crippen LogP contribution in [0.1, 0.15) is 6.42 Å². The molecule has 0 radical (unpaired) electrons. The van der Waals surface area contributed by atoms with Crippen molar-refractivity contribution >= 4 is 10.1 Å². The van der Waals surface area contributed by atoms with Crippen LogP contribution in [-0.2, 0) is 10.1 Å². The van der Waals surface area contributed by atoms with Crippen molar-refractivity contribution in [2.24, 2.45) is 5.84 Å². The highest BCUT2D eigenvalue weighted by atomic mass is 32.2. The summed E-state index contributed by atoms with van der Waals surface area (Å²) in [5.74, 6) is 4.79. The largest absolute Gasteiger partial charge is 0.315 e. The standard InChI is InChI=1S/C5H15N3O3S/c6-8-4-3-7-2-1-5-12(9,10)11/h7-8H,1-6H2,(H,9,10,11). The molecule has 7 heteroatoms. The van der Waals surface area contributed by atoms with E-state index in [1.165, 1.54) is 0 Å². The van der Waals surface area contributed by atoms with Crippen LogP contribution in [-0.4, -0.2) is 38.4 Å². The average Bonchev–Trinajstić information content (AvgIpc) is 1.94. The maximum Gasteiger partial charge on any atom is 0.264 e. The van der Waals surface area contributed by atoms with Crippen LogP contribution < -0.4 is 16.6 Å². The monoisotopic (exact) mass is 197 g/mol. The Bertz CT molecular complexity index is 192. The Morgan fingerprint density at radius 1 is 1.25 bits per heavy atom. The zero-order valence-corrected chi connectivity index (χ0v) is 7.60. The van der Waals surface area contributed by atoms with Gasteiger partial charge in [0.1, 0.15) is 0 Å². The molecule has 0 unspecified atom stereocenters. The van der Waals surface area contributed by atoms with Crippen LogP contribution in [0.15, 0.2) is 0 Å². The Labute approximate surface area is 72.2 Å². The highest BCUT2D eigenvalue weighted by Crippen LogP contribution is 1.85. The van der Waals surface area contributed by atoms with Gasteiger partial charge in [0.25, 0.3) is 10.1 Å². The summed E-state index contributed by atoms with van der Waals surface area (Å²) in [7, 11) is -3.80. The topological polar surface area (TPSA) is 104 Å². The van der Waals surface area contributed by atoms with Crippen molar-refractivity contribution in [2.45, 2.75) is 6.42 Å². The molecule has 0 atom stereocenters. The van der Waals surface area contributed by atoms with Crippen LogP contribution in [0.3, 0.4) is 0 Å². The van der Waals surface area contributed by atoms with E-state index < -0.39 is 10.1 Å². The fourth-order valence-corrected chi connectivity index (χ4v) is 1.17. The van der Waals surface area contributed by atoms with Gasteiger partial charge in [-0.25, -0.2) is 0 Å². The summed E-state index contributed by atoms with van der Waals surface area (Å²) in [4.78, 5) is 0. The van der Waals surface area contributed by atoms with E-state index in [9.17, 15) is 8.42 Å². The smallest absolute Gasteiger partial charge is 0.264 e. The molecule has 0 aromatic rings. The molecule has 0 saturated carbocycles. The maximum absolute atomic E-state index is 10.2. The minimum Gasteiger partial charge on any atom is -0.315 e. The molecule has 0 amide bonds. The molecule has 0 aliphatic rings. The first-order chi connectivity index (χ1) is 5.56. The SMILES string of the molecule is NNCCNCCCS(=O)(=O)O. The van der Waals surface area contributed by atoms with Crippen LogP contribution in [0.4, 0.5) is 0 Å². The number of rotatable bonds is 7. The molecule has 0 aliphatic heterocycles. The Kier molecular flexibility index (Phi) is 6.21. The fraction of sp³-hybridized carbons (Fsp3) is 1.00. The van der Waals surface area contributed by atoms with E-state index >= 15 is 0 Å². The Hall–Kier alpha value is -0.210. The summed E-state index contributed by atoms with van der Waals surface area (Å²) in [6, 6.07) is 0. The van der Waals surface area contributed by atoms with Crippen molar-refractivity contribution < 1.29 is 13.0 Å². The molecular weight excluding hydrogens is 182 g/mol.